The highest BCUT2D eigenvalue weighted by Gasteiger charge is 2.43. The number of morpholine rings is 1. The van der Waals surface area contributed by atoms with Gasteiger partial charge in [0.15, 0.2) is 0 Å². The molecule has 0 spiro atoms. The SMILES string of the molecule is CC(C)(C)OC(=O)NC1(C(=O)N[C@@H](Cc2ccc(-c3ccc(S(=O)(=O)N4CCOCC4)cc3)cc2)C(N)=O)CCOCC1. The van der Waals surface area contributed by atoms with Crippen LogP contribution in [0.1, 0.15) is 39.2 Å². The summed E-state index contributed by atoms with van der Waals surface area (Å²) in [5.74, 6) is -1.25. The molecule has 4 N–H and O–H groups in total. The summed E-state index contributed by atoms with van der Waals surface area (Å²) in [4.78, 5) is 38.6. The number of benzene rings is 2. The molecule has 0 unspecified atom stereocenters. The minimum Gasteiger partial charge on any atom is -0.444 e. The highest BCUT2D eigenvalue weighted by molar-refractivity contribution is 7.89. The van der Waals surface area contributed by atoms with E-state index in [9.17, 15) is 22.8 Å². The molecule has 2 aliphatic heterocycles. The molecule has 234 valence electrons. The number of carbonyl (C=O) groups excluding carboxylic acids is 3. The third-order valence-corrected chi connectivity index (χ3v) is 9.27. The maximum Gasteiger partial charge on any atom is 0.408 e. The molecule has 13 heteroatoms. The fourth-order valence-corrected chi connectivity index (χ4v) is 6.38. The maximum absolute atomic E-state index is 13.5. The van der Waals surface area contributed by atoms with Crippen LogP contribution in [0.25, 0.3) is 11.1 Å². The summed E-state index contributed by atoms with van der Waals surface area (Å²) in [6, 6.07) is 13.0. The normalized spacial score (nSPS) is 18.3. The van der Waals surface area contributed by atoms with Gasteiger partial charge in [0.1, 0.15) is 17.2 Å². The van der Waals surface area contributed by atoms with E-state index in [1.54, 1.807) is 45.0 Å². The summed E-state index contributed by atoms with van der Waals surface area (Å²) >= 11 is 0. The van der Waals surface area contributed by atoms with Crippen LogP contribution < -0.4 is 16.4 Å². The summed E-state index contributed by atoms with van der Waals surface area (Å²) in [6.07, 6.45) is -0.172. The first-order valence-corrected chi connectivity index (χ1v) is 15.7. The van der Waals surface area contributed by atoms with Gasteiger partial charge < -0.3 is 30.6 Å². The van der Waals surface area contributed by atoms with Crippen molar-refractivity contribution >= 4 is 27.9 Å². The Morgan fingerprint density at radius 3 is 2.00 bits per heavy atom. The van der Waals surface area contributed by atoms with Crippen LogP contribution in [0.2, 0.25) is 0 Å². The Balaban J connectivity index is 1.43. The van der Waals surface area contributed by atoms with E-state index in [-0.39, 0.29) is 37.4 Å². The van der Waals surface area contributed by atoms with E-state index < -0.39 is 45.1 Å². The quantitative estimate of drug-likeness (QED) is 0.385. The molecule has 2 aromatic rings. The second-order valence-electron chi connectivity index (χ2n) is 11.7. The van der Waals surface area contributed by atoms with Gasteiger partial charge in [-0.3, -0.25) is 9.59 Å². The number of nitrogens with zero attached hydrogens (tertiary/aromatic N) is 1. The predicted molar refractivity (Wildman–Crippen MR) is 158 cm³/mol. The molecule has 12 nitrogen and oxygen atoms in total. The Labute approximate surface area is 252 Å². The van der Waals surface area contributed by atoms with Crippen molar-refractivity contribution in [2.45, 2.75) is 62.1 Å². The average molecular weight is 617 g/mol. The number of alkyl carbamates (subject to hydrolysis) is 1. The molecule has 0 radical (unpaired) electrons. The lowest BCUT2D eigenvalue weighted by Gasteiger charge is -2.37. The fourth-order valence-electron chi connectivity index (χ4n) is 4.97. The summed E-state index contributed by atoms with van der Waals surface area (Å²) < 4.78 is 43.3. The van der Waals surface area contributed by atoms with Crippen molar-refractivity contribution in [2.75, 3.05) is 39.5 Å². The smallest absolute Gasteiger partial charge is 0.408 e. The molecular formula is C30H40N4O8S. The van der Waals surface area contributed by atoms with E-state index in [4.69, 9.17) is 19.9 Å². The molecule has 0 bridgehead atoms. The summed E-state index contributed by atoms with van der Waals surface area (Å²) in [5, 5.41) is 5.43. The third kappa shape index (κ3) is 8.31. The number of amides is 3. The van der Waals surface area contributed by atoms with Crippen LogP contribution in [-0.4, -0.2) is 87.3 Å². The van der Waals surface area contributed by atoms with Gasteiger partial charge in [-0.1, -0.05) is 36.4 Å². The minimum absolute atomic E-state index is 0.136. The lowest BCUT2D eigenvalue weighted by Crippen LogP contribution is -2.64. The lowest BCUT2D eigenvalue weighted by molar-refractivity contribution is -0.135. The largest absolute Gasteiger partial charge is 0.444 e. The number of ether oxygens (including phenoxy) is 3. The summed E-state index contributed by atoms with van der Waals surface area (Å²) in [7, 11) is -3.59. The zero-order valence-corrected chi connectivity index (χ0v) is 25.6. The van der Waals surface area contributed by atoms with Crippen LogP contribution in [0.3, 0.4) is 0 Å². The zero-order valence-electron chi connectivity index (χ0n) is 24.8. The number of nitrogens with one attached hydrogen (secondary N) is 2. The maximum atomic E-state index is 13.5. The van der Waals surface area contributed by atoms with Crippen molar-refractivity contribution < 1.29 is 37.0 Å². The first kappa shape index (κ1) is 32.4. The van der Waals surface area contributed by atoms with Gasteiger partial charge in [0.05, 0.1) is 18.1 Å². The van der Waals surface area contributed by atoms with Crippen LogP contribution in [-0.2, 0) is 40.2 Å². The molecule has 4 rings (SSSR count). The second kappa shape index (κ2) is 13.4. The van der Waals surface area contributed by atoms with Crippen molar-refractivity contribution in [3.63, 3.8) is 0 Å². The van der Waals surface area contributed by atoms with Gasteiger partial charge in [-0.2, -0.15) is 4.31 Å². The van der Waals surface area contributed by atoms with E-state index in [0.717, 1.165) is 16.7 Å². The fraction of sp³-hybridized carbons (Fsp3) is 0.500. The molecule has 0 saturated carbocycles. The van der Waals surface area contributed by atoms with E-state index in [0.29, 0.717) is 26.3 Å². The molecule has 2 fully saturated rings. The Morgan fingerprint density at radius 1 is 0.930 bits per heavy atom. The van der Waals surface area contributed by atoms with Crippen LogP contribution in [0.4, 0.5) is 4.79 Å². The first-order valence-electron chi connectivity index (χ1n) is 14.3. The highest BCUT2D eigenvalue weighted by atomic mass is 32.2. The second-order valence-corrected chi connectivity index (χ2v) is 13.6. The third-order valence-electron chi connectivity index (χ3n) is 7.36. The average Bonchev–Trinajstić information content (AvgIpc) is 2.97. The number of nitrogens with two attached hydrogens (primary N) is 1. The molecule has 2 saturated heterocycles. The zero-order chi connectivity index (χ0) is 31.3. The van der Waals surface area contributed by atoms with E-state index in [2.05, 4.69) is 10.6 Å². The van der Waals surface area contributed by atoms with E-state index in [1.807, 2.05) is 24.3 Å². The van der Waals surface area contributed by atoms with Crippen molar-refractivity contribution in [3.05, 3.63) is 54.1 Å². The molecule has 2 aliphatic rings. The molecular weight excluding hydrogens is 576 g/mol. The molecule has 0 aliphatic carbocycles. The molecule has 43 heavy (non-hydrogen) atoms. The van der Waals surface area contributed by atoms with Crippen LogP contribution in [0, 0.1) is 0 Å². The van der Waals surface area contributed by atoms with Gasteiger partial charge in [-0.15, -0.1) is 0 Å². The number of sulfonamides is 1. The van der Waals surface area contributed by atoms with Gasteiger partial charge in [0.25, 0.3) is 0 Å². The summed E-state index contributed by atoms with van der Waals surface area (Å²) in [5.41, 5.74) is 6.03. The Hall–Kier alpha value is -3.52. The number of carbonyl (C=O) groups is 3. The number of rotatable bonds is 9. The van der Waals surface area contributed by atoms with Gasteiger partial charge >= 0.3 is 6.09 Å². The molecule has 1 atom stereocenters. The predicted octanol–water partition coefficient (Wildman–Crippen LogP) is 1.96. The number of primary amides is 1. The van der Waals surface area contributed by atoms with Crippen molar-refractivity contribution in [3.8, 4) is 11.1 Å². The molecule has 0 aromatic heterocycles. The topological polar surface area (TPSA) is 166 Å². The van der Waals surface area contributed by atoms with Crippen molar-refractivity contribution in [1.82, 2.24) is 14.9 Å². The Bertz CT molecular complexity index is 1390. The van der Waals surface area contributed by atoms with Gasteiger partial charge in [-0.05, 0) is 49.6 Å². The molecule has 2 heterocycles. The number of hydrogen-bond acceptors (Lipinski definition) is 8. The Kier molecular flexibility index (Phi) is 10.1. The first-order chi connectivity index (χ1) is 20.3. The molecule has 2 aromatic carbocycles. The molecule has 3 amide bonds. The van der Waals surface area contributed by atoms with E-state index >= 15 is 0 Å². The van der Waals surface area contributed by atoms with Crippen LogP contribution >= 0.6 is 0 Å². The lowest BCUT2D eigenvalue weighted by atomic mass is 9.88. The standard InChI is InChI=1S/C30H40N4O8S/c1-29(2,3)42-28(37)33-30(12-16-40-17-13-30)27(36)32-25(26(31)35)20-21-4-6-22(7-5-21)23-8-10-24(11-9-23)43(38,39)34-14-18-41-19-15-34/h4-11,25H,12-20H2,1-3H3,(H2,31,35)(H,32,36)(H,33,37)/t25-/m0/s1. The van der Waals surface area contributed by atoms with Gasteiger partial charge in [0.2, 0.25) is 21.8 Å². The van der Waals surface area contributed by atoms with E-state index in [1.165, 1.54) is 4.31 Å². The minimum atomic E-state index is -3.59. The number of hydrogen-bond donors (Lipinski definition) is 3. The van der Waals surface area contributed by atoms with Crippen molar-refractivity contribution in [1.29, 1.82) is 0 Å². The van der Waals surface area contributed by atoms with Gasteiger partial charge in [-0.25, -0.2) is 13.2 Å². The monoisotopic (exact) mass is 616 g/mol. The highest BCUT2D eigenvalue weighted by Crippen LogP contribution is 2.25. The summed E-state index contributed by atoms with van der Waals surface area (Å²) in [6.45, 7) is 7.10. The van der Waals surface area contributed by atoms with Crippen LogP contribution in [0.5, 0.6) is 0 Å². The van der Waals surface area contributed by atoms with Crippen LogP contribution in [0.15, 0.2) is 53.4 Å². The van der Waals surface area contributed by atoms with Gasteiger partial charge in [0, 0.05) is 45.6 Å². The van der Waals surface area contributed by atoms with Crippen molar-refractivity contribution in [2.24, 2.45) is 5.73 Å². The Morgan fingerprint density at radius 2 is 1.47 bits per heavy atom.